The first kappa shape index (κ1) is 16.0. The van der Waals surface area contributed by atoms with Crippen molar-refractivity contribution < 1.29 is 13.2 Å². The molecule has 1 saturated heterocycles. The van der Waals surface area contributed by atoms with Gasteiger partial charge in [-0.25, -0.2) is 13.4 Å². The highest BCUT2D eigenvalue weighted by molar-refractivity contribution is 7.89. The van der Waals surface area contributed by atoms with E-state index >= 15 is 0 Å². The Labute approximate surface area is 125 Å². The molecule has 2 heterocycles. The number of aryl methyl sites for hydroxylation is 1. The van der Waals surface area contributed by atoms with Crippen LogP contribution in [0.3, 0.4) is 0 Å². The first-order valence-electron chi connectivity index (χ1n) is 7.28. The molecule has 0 unspecified atom stereocenters. The highest BCUT2D eigenvalue weighted by atomic mass is 32.2. The molecule has 118 valence electrons. The van der Waals surface area contributed by atoms with Crippen molar-refractivity contribution in [2.75, 3.05) is 19.6 Å². The maximum Gasteiger partial charge on any atom is 0.262 e. The van der Waals surface area contributed by atoms with Crippen molar-refractivity contribution in [3.8, 4) is 0 Å². The molecule has 1 aliphatic heterocycles. The van der Waals surface area contributed by atoms with Crippen molar-refractivity contribution in [1.29, 1.82) is 0 Å². The zero-order chi connectivity index (χ0) is 15.5. The lowest BCUT2D eigenvalue weighted by molar-refractivity contribution is -0.125. The van der Waals surface area contributed by atoms with Gasteiger partial charge in [0.1, 0.15) is 0 Å². The molecule has 0 saturated carbocycles. The Bertz CT molecular complexity index is 596. The Kier molecular flexibility index (Phi) is 5.00. The van der Waals surface area contributed by atoms with Gasteiger partial charge in [-0.05, 0) is 26.7 Å². The molecule has 0 bridgehead atoms. The smallest absolute Gasteiger partial charge is 0.262 e. The second-order valence-corrected chi connectivity index (χ2v) is 7.02. The van der Waals surface area contributed by atoms with E-state index in [-0.39, 0.29) is 23.4 Å². The molecule has 0 aromatic carbocycles. The van der Waals surface area contributed by atoms with Crippen LogP contribution in [0.5, 0.6) is 0 Å². The van der Waals surface area contributed by atoms with E-state index in [2.05, 4.69) is 10.3 Å². The summed E-state index contributed by atoms with van der Waals surface area (Å²) in [7, 11) is -3.61. The third kappa shape index (κ3) is 3.44. The van der Waals surface area contributed by atoms with Crippen molar-refractivity contribution in [2.24, 2.45) is 5.92 Å². The van der Waals surface area contributed by atoms with Crippen LogP contribution in [0.4, 0.5) is 0 Å². The van der Waals surface area contributed by atoms with Gasteiger partial charge in [0, 0.05) is 32.4 Å². The number of hydrogen-bond donors (Lipinski definition) is 1. The summed E-state index contributed by atoms with van der Waals surface area (Å²) in [5.74, 6) is -0.349. The largest absolute Gasteiger partial charge is 0.356 e. The van der Waals surface area contributed by atoms with Gasteiger partial charge < -0.3 is 9.88 Å². The van der Waals surface area contributed by atoms with Crippen molar-refractivity contribution in [3.63, 3.8) is 0 Å². The van der Waals surface area contributed by atoms with Crippen LogP contribution in [0, 0.1) is 5.92 Å². The SMILES string of the molecule is CCNC(=O)[C@H]1CCCN(S(=O)(=O)c2cn(CC)cn2)C1. The maximum absolute atomic E-state index is 12.6. The molecule has 1 aromatic heterocycles. The minimum atomic E-state index is -3.61. The molecule has 2 rings (SSSR count). The summed E-state index contributed by atoms with van der Waals surface area (Å²) in [6.45, 7) is 5.67. The Morgan fingerprint density at radius 1 is 1.48 bits per heavy atom. The lowest BCUT2D eigenvalue weighted by atomic mass is 9.99. The first-order chi connectivity index (χ1) is 9.98. The van der Waals surface area contributed by atoms with E-state index in [1.54, 1.807) is 4.57 Å². The lowest BCUT2D eigenvalue weighted by Gasteiger charge is -2.30. The molecule has 0 aliphatic carbocycles. The van der Waals surface area contributed by atoms with Gasteiger partial charge in [-0.1, -0.05) is 0 Å². The minimum Gasteiger partial charge on any atom is -0.356 e. The molecule has 1 aliphatic rings. The fourth-order valence-corrected chi connectivity index (χ4v) is 3.93. The van der Waals surface area contributed by atoms with Gasteiger partial charge in [-0.3, -0.25) is 4.79 Å². The predicted octanol–water partition coefficient (Wildman–Crippen LogP) is 0.440. The fraction of sp³-hybridized carbons (Fsp3) is 0.692. The number of carbonyl (C=O) groups is 1. The Hall–Kier alpha value is -1.41. The third-order valence-corrected chi connectivity index (χ3v) is 5.44. The van der Waals surface area contributed by atoms with Crippen LogP contribution in [0.1, 0.15) is 26.7 Å². The molecule has 1 N–H and O–H groups in total. The first-order valence-corrected chi connectivity index (χ1v) is 8.72. The zero-order valence-electron chi connectivity index (χ0n) is 12.4. The highest BCUT2D eigenvalue weighted by Crippen LogP contribution is 2.23. The number of piperidine rings is 1. The molecule has 0 spiro atoms. The van der Waals surface area contributed by atoms with E-state index in [1.165, 1.54) is 16.8 Å². The molecular formula is C13H22N4O3S. The topological polar surface area (TPSA) is 84.3 Å². The lowest BCUT2D eigenvalue weighted by Crippen LogP contribution is -2.45. The molecule has 1 aromatic rings. The normalized spacial score (nSPS) is 20.4. The summed E-state index contributed by atoms with van der Waals surface area (Å²) in [6, 6.07) is 0. The van der Waals surface area contributed by atoms with E-state index in [0.29, 0.717) is 26.1 Å². The summed E-state index contributed by atoms with van der Waals surface area (Å²) in [4.78, 5) is 15.9. The average Bonchev–Trinajstić information content (AvgIpc) is 2.97. The van der Waals surface area contributed by atoms with Crippen LogP contribution in [-0.2, 0) is 21.4 Å². The number of sulfonamides is 1. The van der Waals surface area contributed by atoms with Crippen molar-refractivity contribution in [3.05, 3.63) is 12.5 Å². The highest BCUT2D eigenvalue weighted by Gasteiger charge is 2.34. The van der Waals surface area contributed by atoms with Gasteiger partial charge in [0.25, 0.3) is 10.0 Å². The molecule has 1 atom stereocenters. The molecule has 0 radical (unpaired) electrons. The molecule has 1 fully saturated rings. The summed E-state index contributed by atoms with van der Waals surface area (Å²) in [5, 5.41) is 2.82. The van der Waals surface area contributed by atoms with Gasteiger partial charge in [-0.15, -0.1) is 0 Å². The number of carbonyl (C=O) groups excluding carboxylic acids is 1. The Morgan fingerprint density at radius 3 is 2.86 bits per heavy atom. The fourth-order valence-electron chi connectivity index (χ4n) is 2.47. The number of nitrogens with one attached hydrogen (secondary N) is 1. The van der Waals surface area contributed by atoms with Gasteiger partial charge in [0.15, 0.2) is 5.03 Å². The molecule has 21 heavy (non-hydrogen) atoms. The molecule has 1 amide bonds. The van der Waals surface area contributed by atoms with E-state index in [9.17, 15) is 13.2 Å². The standard InChI is InChI=1S/C13H22N4O3S/c1-3-14-13(18)11-6-5-7-17(8-11)21(19,20)12-9-16(4-2)10-15-12/h9-11H,3-8H2,1-2H3,(H,14,18)/t11-/m0/s1. The summed E-state index contributed by atoms with van der Waals surface area (Å²) in [5.41, 5.74) is 0. The van der Waals surface area contributed by atoms with E-state index in [0.717, 1.165) is 6.42 Å². The van der Waals surface area contributed by atoms with E-state index in [1.807, 2.05) is 13.8 Å². The van der Waals surface area contributed by atoms with Crippen LogP contribution < -0.4 is 5.32 Å². The second kappa shape index (κ2) is 6.57. The quantitative estimate of drug-likeness (QED) is 0.854. The number of nitrogens with zero attached hydrogens (tertiary/aromatic N) is 3. The number of hydrogen-bond acceptors (Lipinski definition) is 4. The van der Waals surface area contributed by atoms with Gasteiger partial charge in [0.05, 0.1) is 12.2 Å². The van der Waals surface area contributed by atoms with Crippen LogP contribution in [0.25, 0.3) is 0 Å². The third-order valence-electron chi connectivity index (χ3n) is 3.68. The number of imidazole rings is 1. The van der Waals surface area contributed by atoms with Gasteiger partial charge >= 0.3 is 0 Å². The summed E-state index contributed by atoms with van der Waals surface area (Å²) >= 11 is 0. The summed E-state index contributed by atoms with van der Waals surface area (Å²) < 4.78 is 28.2. The zero-order valence-corrected chi connectivity index (χ0v) is 13.3. The summed E-state index contributed by atoms with van der Waals surface area (Å²) in [6.07, 6.45) is 4.46. The second-order valence-electron chi connectivity index (χ2n) is 5.14. The van der Waals surface area contributed by atoms with Crippen LogP contribution in [0.15, 0.2) is 17.6 Å². The monoisotopic (exact) mass is 314 g/mol. The minimum absolute atomic E-state index is 0.0564. The number of amides is 1. The van der Waals surface area contributed by atoms with Crippen molar-refractivity contribution in [2.45, 2.75) is 38.3 Å². The average molecular weight is 314 g/mol. The number of aromatic nitrogens is 2. The van der Waals surface area contributed by atoms with Crippen LogP contribution in [-0.4, -0.2) is 47.8 Å². The van der Waals surface area contributed by atoms with E-state index < -0.39 is 10.0 Å². The van der Waals surface area contributed by atoms with Gasteiger partial charge in [0.2, 0.25) is 5.91 Å². The van der Waals surface area contributed by atoms with Gasteiger partial charge in [-0.2, -0.15) is 4.31 Å². The molecular weight excluding hydrogens is 292 g/mol. The van der Waals surface area contributed by atoms with E-state index in [4.69, 9.17) is 0 Å². The van der Waals surface area contributed by atoms with Crippen molar-refractivity contribution in [1.82, 2.24) is 19.2 Å². The molecule has 7 nitrogen and oxygen atoms in total. The van der Waals surface area contributed by atoms with Crippen LogP contribution >= 0.6 is 0 Å². The predicted molar refractivity (Wildman–Crippen MR) is 78.1 cm³/mol. The maximum atomic E-state index is 12.6. The molecule has 8 heteroatoms. The van der Waals surface area contributed by atoms with Crippen molar-refractivity contribution >= 4 is 15.9 Å². The Morgan fingerprint density at radius 2 is 2.24 bits per heavy atom. The van der Waals surface area contributed by atoms with Crippen LogP contribution in [0.2, 0.25) is 0 Å². The Balaban J connectivity index is 2.14. The number of rotatable bonds is 5.